The molecule has 0 unspecified atom stereocenters. The zero-order valence-electron chi connectivity index (χ0n) is 9.11. The highest BCUT2D eigenvalue weighted by Gasteiger charge is 2.33. The van der Waals surface area contributed by atoms with Gasteiger partial charge in [0, 0.05) is 12.6 Å². The molecule has 2 rings (SSSR count). The average molecular weight is 258 g/mol. The first-order valence-electron chi connectivity index (χ1n) is 5.13. The van der Waals surface area contributed by atoms with Gasteiger partial charge in [0.2, 0.25) is 0 Å². The van der Waals surface area contributed by atoms with E-state index in [1.165, 1.54) is 16.7 Å². The highest BCUT2D eigenvalue weighted by Crippen LogP contribution is 2.32. The van der Waals surface area contributed by atoms with E-state index in [2.05, 4.69) is 4.98 Å². The standard InChI is InChI=1S/C11H9F3N2O2/c12-11(13,14)7-2-1-5-16-8(7)6-15-9(16)3-4-10(17)18/h1-2,5-6H,3-4H2,(H,17,18). The summed E-state index contributed by atoms with van der Waals surface area (Å²) in [4.78, 5) is 14.3. The first-order valence-corrected chi connectivity index (χ1v) is 5.13. The Kier molecular flexibility index (Phi) is 2.98. The van der Waals surface area contributed by atoms with Gasteiger partial charge < -0.3 is 9.51 Å². The fourth-order valence-electron chi connectivity index (χ4n) is 1.72. The van der Waals surface area contributed by atoms with Gasteiger partial charge in [-0.15, -0.1) is 0 Å². The maximum atomic E-state index is 12.7. The summed E-state index contributed by atoms with van der Waals surface area (Å²) in [5.41, 5.74) is -0.843. The van der Waals surface area contributed by atoms with Crippen molar-refractivity contribution in [2.75, 3.05) is 0 Å². The van der Waals surface area contributed by atoms with Crippen LogP contribution in [0.15, 0.2) is 24.5 Å². The smallest absolute Gasteiger partial charge is 0.418 e. The summed E-state index contributed by atoms with van der Waals surface area (Å²) < 4.78 is 39.4. The fraction of sp³-hybridized carbons (Fsp3) is 0.273. The third-order valence-electron chi connectivity index (χ3n) is 2.52. The molecule has 0 bridgehead atoms. The van der Waals surface area contributed by atoms with Crippen molar-refractivity contribution < 1.29 is 23.1 Å². The number of alkyl halides is 3. The molecule has 0 aliphatic heterocycles. The van der Waals surface area contributed by atoms with E-state index in [0.717, 1.165) is 12.3 Å². The van der Waals surface area contributed by atoms with Crippen molar-refractivity contribution in [1.82, 2.24) is 9.38 Å². The lowest BCUT2D eigenvalue weighted by atomic mass is 10.2. The van der Waals surface area contributed by atoms with E-state index in [1.807, 2.05) is 0 Å². The molecule has 0 spiro atoms. The van der Waals surface area contributed by atoms with E-state index in [4.69, 9.17) is 5.11 Å². The molecule has 0 aromatic carbocycles. The van der Waals surface area contributed by atoms with Crippen LogP contribution < -0.4 is 0 Å². The molecule has 7 heteroatoms. The number of fused-ring (bicyclic) bond motifs is 1. The Morgan fingerprint density at radius 1 is 1.44 bits per heavy atom. The van der Waals surface area contributed by atoms with Crippen LogP contribution in [-0.2, 0) is 17.4 Å². The molecule has 4 nitrogen and oxygen atoms in total. The summed E-state index contributed by atoms with van der Waals surface area (Å²) >= 11 is 0. The maximum absolute atomic E-state index is 12.7. The van der Waals surface area contributed by atoms with Gasteiger partial charge in [0.1, 0.15) is 5.82 Å². The first-order chi connectivity index (χ1) is 8.39. The number of aromatic nitrogens is 2. The van der Waals surface area contributed by atoms with Gasteiger partial charge in [0.15, 0.2) is 0 Å². The molecular formula is C11H9F3N2O2. The molecule has 0 amide bonds. The third-order valence-corrected chi connectivity index (χ3v) is 2.52. The Labute approximate surface area is 99.7 Å². The monoisotopic (exact) mass is 258 g/mol. The van der Waals surface area contributed by atoms with E-state index < -0.39 is 17.7 Å². The number of hydrogen-bond acceptors (Lipinski definition) is 2. The maximum Gasteiger partial charge on any atom is 0.418 e. The number of aryl methyl sites for hydroxylation is 1. The summed E-state index contributed by atoms with van der Waals surface area (Å²) in [5.74, 6) is -0.711. The number of hydrogen-bond donors (Lipinski definition) is 1. The number of aliphatic carboxylic acids is 1. The molecule has 2 aromatic rings. The largest absolute Gasteiger partial charge is 0.481 e. The molecule has 0 radical (unpaired) electrons. The SMILES string of the molecule is O=C(O)CCc1ncc2c(C(F)(F)F)cccn12. The Bertz CT molecular complexity index is 589. The lowest BCUT2D eigenvalue weighted by Gasteiger charge is -2.08. The molecule has 18 heavy (non-hydrogen) atoms. The molecule has 0 aliphatic rings. The third kappa shape index (κ3) is 2.29. The number of carboxylic acid groups (broad SMARTS) is 1. The van der Waals surface area contributed by atoms with Crippen molar-refractivity contribution in [3.63, 3.8) is 0 Å². The van der Waals surface area contributed by atoms with Crippen LogP contribution in [-0.4, -0.2) is 20.5 Å². The van der Waals surface area contributed by atoms with E-state index in [9.17, 15) is 18.0 Å². The molecule has 0 saturated heterocycles. The quantitative estimate of drug-likeness (QED) is 0.919. The van der Waals surface area contributed by atoms with Gasteiger partial charge in [0.25, 0.3) is 0 Å². The topological polar surface area (TPSA) is 54.6 Å². The van der Waals surface area contributed by atoms with Gasteiger partial charge in [-0.3, -0.25) is 4.79 Å². The highest BCUT2D eigenvalue weighted by atomic mass is 19.4. The van der Waals surface area contributed by atoms with Crippen LogP contribution in [0.1, 0.15) is 17.8 Å². The van der Waals surface area contributed by atoms with Crippen LogP contribution in [0.4, 0.5) is 13.2 Å². The number of rotatable bonds is 3. The Morgan fingerprint density at radius 3 is 2.78 bits per heavy atom. The van der Waals surface area contributed by atoms with Crippen molar-refractivity contribution in [3.8, 4) is 0 Å². The normalized spacial score (nSPS) is 11.9. The van der Waals surface area contributed by atoms with E-state index >= 15 is 0 Å². The summed E-state index contributed by atoms with van der Waals surface area (Å²) in [7, 11) is 0. The number of carbonyl (C=O) groups is 1. The second-order valence-electron chi connectivity index (χ2n) is 3.74. The van der Waals surface area contributed by atoms with Crippen molar-refractivity contribution in [3.05, 3.63) is 35.9 Å². The molecule has 96 valence electrons. The zero-order chi connectivity index (χ0) is 13.3. The molecular weight excluding hydrogens is 249 g/mol. The predicted molar refractivity (Wildman–Crippen MR) is 56.2 cm³/mol. The van der Waals surface area contributed by atoms with Gasteiger partial charge in [0.05, 0.1) is 23.7 Å². The summed E-state index contributed by atoms with van der Waals surface area (Å²) in [6.45, 7) is 0. The molecule has 1 N–H and O–H groups in total. The molecule has 0 saturated carbocycles. The minimum Gasteiger partial charge on any atom is -0.481 e. The van der Waals surface area contributed by atoms with Crippen molar-refractivity contribution in [1.29, 1.82) is 0 Å². The Hall–Kier alpha value is -2.05. The lowest BCUT2D eigenvalue weighted by molar-refractivity contribution is -0.137. The van der Waals surface area contributed by atoms with Crippen molar-refractivity contribution in [2.24, 2.45) is 0 Å². The van der Waals surface area contributed by atoms with Gasteiger partial charge in [-0.05, 0) is 12.1 Å². The first kappa shape index (κ1) is 12.4. The van der Waals surface area contributed by atoms with Gasteiger partial charge >= 0.3 is 12.1 Å². The summed E-state index contributed by atoms with van der Waals surface area (Å²) in [6, 6.07) is 2.24. The van der Waals surface area contributed by atoms with Crippen molar-refractivity contribution >= 4 is 11.5 Å². The lowest BCUT2D eigenvalue weighted by Crippen LogP contribution is -2.08. The van der Waals surface area contributed by atoms with Crippen molar-refractivity contribution in [2.45, 2.75) is 19.0 Å². The van der Waals surface area contributed by atoms with Crippen LogP contribution in [0, 0.1) is 0 Å². The minimum absolute atomic E-state index is 0.0645. The second kappa shape index (κ2) is 4.32. The minimum atomic E-state index is -4.45. The number of imidazole rings is 1. The molecule has 0 atom stereocenters. The van der Waals surface area contributed by atoms with Gasteiger partial charge in [-0.1, -0.05) is 0 Å². The van der Waals surface area contributed by atoms with E-state index in [0.29, 0.717) is 5.82 Å². The van der Waals surface area contributed by atoms with E-state index in [-0.39, 0.29) is 18.4 Å². The zero-order valence-corrected chi connectivity index (χ0v) is 9.11. The molecule has 0 aliphatic carbocycles. The number of carboxylic acids is 1. The van der Waals surface area contributed by atoms with Crippen LogP contribution >= 0.6 is 0 Å². The average Bonchev–Trinajstić information content (AvgIpc) is 2.67. The molecule has 0 fully saturated rings. The second-order valence-corrected chi connectivity index (χ2v) is 3.74. The Morgan fingerprint density at radius 2 is 2.17 bits per heavy atom. The highest BCUT2D eigenvalue weighted by molar-refractivity contribution is 5.67. The van der Waals surface area contributed by atoms with E-state index in [1.54, 1.807) is 0 Å². The van der Waals surface area contributed by atoms with Gasteiger partial charge in [-0.2, -0.15) is 13.2 Å². The number of halogens is 3. The fourth-order valence-corrected chi connectivity index (χ4v) is 1.72. The number of pyridine rings is 1. The van der Waals surface area contributed by atoms with Crippen LogP contribution in [0.25, 0.3) is 5.52 Å². The summed E-state index contributed by atoms with van der Waals surface area (Å²) in [6.07, 6.45) is -1.98. The number of nitrogens with zero attached hydrogens (tertiary/aromatic N) is 2. The summed E-state index contributed by atoms with van der Waals surface area (Å²) in [5, 5.41) is 8.55. The molecule has 2 heterocycles. The van der Waals surface area contributed by atoms with Crippen LogP contribution in [0.2, 0.25) is 0 Å². The van der Waals surface area contributed by atoms with Crippen LogP contribution in [0.5, 0.6) is 0 Å². The predicted octanol–water partition coefficient (Wildman–Crippen LogP) is 2.37. The Balaban J connectivity index is 2.45. The van der Waals surface area contributed by atoms with Gasteiger partial charge in [-0.25, -0.2) is 4.98 Å². The van der Waals surface area contributed by atoms with Crippen LogP contribution in [0.3, 0.4) is 0 Å². The molecule has 2 aromatic heterocycles.